The van der Waals surface area contributed by atoms with Crippen LogP contribution in [-0.2, 0) is 9.53 Å². The Labute approximate surface area is 92.1 Å². The van der Waals surface area contributed by atoms with E-state index < -0.39 is 0 Å². The molecule has 4 heteroatoms. The van der Waals surface area contributed by atoms with Gasteiger partial charge in [0.05, 0.1) is 0 Å². The second-order valence-corrected chi connectivity index (χ2v) is 3.48. The van der Waals surface area contributed by atoms with E-state index in [0.717, 1.165) is 0 Å². The molecule has 0 atom stereocenters. The fourth-order valence-electron chi connectivity index (χ4n) is 1.39. The summed E-state index contributed by atoms with van der Waals surface area (Å²) >= 11 is 0. The molecule has 0 saturated carbocycles. The smallest absolute Gasteiger partial charge is 0.224 e. The molecule has 0 amide bonds. The van der Waals surface area contributed by atoms with Gasteiger partial charge in [-0.25, -0.2) is 0 Å². The predicted octanol–water partition coefficient (Wildman–Crippen LogP) is 1.94. The van der Waals surface area contributed by atoms with E-state index >= 15 is 0 Å². The Hall–Kier alpha value is -2.23. The van der Waals surface area contributed by atoms with Crippen molar-refractivity contribution in [2.75, 3.05) is 0 Å². The molecule has 16 heavy (non-hydrogen) atoms. The van der Waals surface area contributed by atoms with Crippen molar-refractivity contribution in [2.45, 2.75) is 6.92 Å². The van der Waals surface area contributed by atoms with Crippen LogP contribution in [0.1, 0.15) is 12.5 Å². The summed E-state index contributed by atoms with van der Waals surface area (Å²) in [5, 5.41) is 18.4. The third-order valence-electron chi connectivity index (χ3n) is 2.15. The number of rotatable bonds is 1. The molecule has 2 N–H and O–H groups in total. The fraction of sp³-hybridized carbons (Fsp3) is 0.0833. The molecule has 1 heterocycles. The molecule has 2 rings (SSSR count). The van der Waals surface area contributed by atoms with E-state index in [2.05, 4.69) is 0 Å². The second kappa shape index (κ2) is 3.73. The molecule has 0 aromatic heterocycles. The lowest BCUT2D eigenvalue weighted by Gasteiger charge is -2.01. The number of ketones is 1. The highest BCUT2D eigenvalue weighted by Crippen LogP contribution is 2.27. The number of allylic oxidation sites excluding steroid dienone is 2. The number of phenols is 2. The highest BCUT2D eigenvalue weighted by atomic mass is 16.5. The maximum Gasteiger partial charge on any atom is 0.224 e. The average molecular weight is 218 g/mol. The topological polar surface area (TPSA) is 66.8 Å². The van der Waals surface area contributed by atoms with E-state index in [4.69, 9.17) is 9.84 Å². The van der Waals surface area contributed by atoms with Crippen molar-refractivity contribution in [3.8, 4) is 11.5 Å². The van der Waals surface area contributed by atoms with Crippen LogP contribution in [0, 0.1) is 0 Å². The lowest BCUT2D eigenvalue weighted by Crippen LogP contribution is -1.92. The van der Waals surface area contributed by atoms with Crippen LogP contribution in [0.2, 0.25) is 0 Å². The SMILES string of the molecule is CC1=CC(=O)/C(=C\c2ccc(O)c(O)c2)O1. The van der Waals surface area contributed by atoms with Crippen LogP contribution in [0.25, 0.3) is 6.08 Å². The van der Waals surface area contributed by atoms with Crippen molar-refractivity contribution >= 4 is 11.9 Å². The largest absolute Gasteiger partial charge is 0.504 e. The van der Waals surface area contributed by atoms with Gasteiger partial charge < -0.3 is 14.9 Å². The zero-order chi connectivity index (χ0) is 11.7. The number of hydrogen-bond acceptors (Lipinski definition) is 4. The number of carbonyl (C=O) groups is 1. The molecule has 1 aromatic carbocycles. The van der Waals surface area contributed by atoms with Gasteiger partial charge in [-0.15, -0.1) is 0 Å². The molecule has 0 fully saturated rings. The molecule has 1 aromatic rings. The molecular formula is C12H10O4. The van der Waals surface area contributed by atoms with Gasteiger partial charge in [-0.1, -0.05) is 6.07 Å². The van der Waals surface area contributed by atoms with Crippen LogP contribution in [0.15, 0.2) is 35.8 Å². The molecule has 0 unspecified atom stereocenters. The summed E-state index contributed by atoms with van der Waals surface area (Å²) in [7, 11) is 0. The molecule has 1 aliphatic rings. The standard InChI is InChI=1S/C12H10O4/c1-7-4-11(15)12(16-7)6-8-2-3-9(13)10(14)5-8/h2-6,13-14H,1H3/b12-6+. The van der Waals surface area contributed by atoms with Crippen molar-refractivity contribution < 1.29 is 19.7 Å². The maximum absolute atomic E-state index is 11.4. The molecule has 0 saturated heterocycles. The molecule has 0 bridgehead atoms. The van der Waals surface area contributed by atoms with Crippen LogP contribution in [0.4, 0.5) is 0 Å². The van der Waals surface area contributed by atoms with Gasteiger partial charge in [0, 0.05) is 6.08 Å². The van der Waals surface area contributed by atoms with Crippen LogP contribution in [0.5, 0.6) is 11.5 Å². The lowest BCUT2D eigenvalue weighted by molar-refractivity contribution is -0.112. The first-order valence-electron chi connectivity index (χ1n) is 4.70. The summed E-state index contributed by atoms with van der Waals surface area (Å²) in [5.74, 6) is 0.117. The zero-order valence-electron chi connectivity index (χ0n) is 8.60. The van der Waals surface area contributed by atoms with Crippen LogP contribution in [0.3, 0.4) is 0 Å². The third-order valence-corrected chi connectivity index (χ3v) is 2.15. The Bertz CT molecular complexity index is 512. The minimum atomic E-state index is -0.232. The Morgan fingerprint density at radius 3 is 2.56 bits per heavy atom. The van der Waals surface area contributed by atoms with Crippen molar-refractivity contribution in [1.82, 2.24) is 0 Å². The summed E-state index contributed by atoms with van der Waals surface area (Å²) in [6.45, 7) is 1.69. The molecule has 4 nitrogen and oxygen atoms in total. The van der Waals surface area contributed by atoms with Gasteiger partial charge in [0.1, 0.15) is 5.76 Å². The molecule has 0 aliphatic carbocycles. The van der Waals surface area contributed by atoms with Crippen molar-refractivity contribution in [1.29, 1.82) is 0 Å². The quantitative estimate of drug-likeness (QED) is 0.558. The Morgan fingerprint density at radius 1 is 1.25 bits per heavy atom. The Balaban J connectivity index is 2.31. The number of aromatic hydroxyl groups is 2. The van der Waals surface area contributed by atoms with Gasteiger partial charge >= 0.3 is 0 Å². The van der Waals surface area contributed by atoms with Gasteiger partial charge in [-0.3, -0.25) is 4.79 Å². The van der Waals surface area contributed by atoms with Crippen LogP contribution in [-0.4, -0.2) is 16.0 Å². The van der Waals surface area contributed by atoms with E-state index in [1.165, 1.54) is 24.3 Å². The highest BCUT2D eigenvalue weighted by Gasteiger charge is 2.17. The van der Waals surface area contributed by atoms with E-state index in [1.54, 1.807) is 13.0 Å². The van der Waals surface area contributed by atoms with E-state index in [0.29, 0.717) is 11.3 Å². The van der Waals surface area contributed by atoms with Gasteiger partial charge in [-0.05, 0) is 30.7 Å². The van der Waals surface area contributed by atoms with Crippen LogP contribution < -0.4 is 0 Å². The predicted molar refractivity (Wildman–Crippen MR) is 57.6 cm³/mol. The minimum absolute atomic E-state index is 0.199. The zero-order valence-corrected chi connectivity index (χ0v) is 8.60. The first kappa shape index (κ1) is 10.3. The van der Waals surface area contributed by atoms with Gasteiger partial charge in [0.2, 0.25) is 5.78 Å². The summed E-state index contributed by atoms with van der Waals surface area (Å²) in [6, 6.07) is 4.28. The van der Waals surface area contributed by atoms with Crippen molar-refractivity contribution in [3.05, 3.63) is 41.4 Å². The highest BCUT2D eigenvalue weighted by molar-refractivity contribution is 6.07. The normalized spacial score (nSPS) is 17.4. The van der Waals surface area contributed by atoms with Gasteiger partial charge in [0.15, 0.2) is 17.3 Å². The maximum atomic E-state index is 11.4. The summed E-state index contributed by atoms with van der Waals surface area (Å²) in [5.41, 5.74) is 0.585. The number of carbonyl (C=O) groups excluding carboxylic acids is 1. The Morgan fingerprint density at radius 2 is 2.00 bits per heavy atom. The molecule has 0 radical (unpaired) electrons. The molecule has 1 aliphatic heterocycles. The molecule has 82 valence electrons. The minimum Gasteiger partial charge on any atom is -0.504 e. The second-order valence-electron chi connectivity index (χ2n) is 3.48. The van der Waals surface area contributed by atoms with Gasteiger partial charge in [0.25, 0.3) is 0 Å². The van der Waals surface area contributed by atoms with Crippen molar-refractivity contribution in [2.24, 2.45) is 0 Å². The first-order valence-corrected chi connectivity index (χ1v) is 4.70. The summed E-state index contributed by atoms with van der Waals surface area (Å²) < 4.78 is 5.18. The van der Waals surface area contributed by atoms with Gasteiger partial charge in [-0.2, -0.15) is 0 Å². The molecule has 0 spiro atoms. The number of hydrogen-bond donors (Lipinski definition) is 2. The number of benzene rings is 1. The third kappa shape index (κ3) is 1.91. The number of phenolic OH excluding ortho intramolecular Hbond substituents is 2. The molecular weight excluding hydrogens is 208 g/mol. The summed E-state index contributed by atoms with van der Waals surface area (Å²) in [4.78, 5) is 11.4. The van der Waals surface area contributed by atoms with E-state index in [1.807, 2.05) is 0 Å². The summed E-state index contributed by atoms with van der Waals surface area (Å²) in [6.07, 6.45) is 2.90. The fourth-order valence-corrected chi connectivity index (χ4v) is 1.39. The monoisotopic (exact) mass is 218 g/mol. The van der Waals surface area contributed by atoms with E-state index in [9.17, 15) is 9.90 Å². The Kier molecular flexibility index (Phi) is 2.40. The van der Waals surface area contributed by atoms with Crippen LogP contribution >= 0.6 is 0 Å². The number of ether oxygens (including phenoxy) is 1. The first-order chi connectivity index (χ1) is 7.56. The van der Waals surface area contributed by atoms with E-state index in [-0.39, 0.29) is 23.0 Å². The average Bonchev–Trinajstić information content (AvgIpc) is 2.51. The lowest BCUT2D eigenvalue weighted by atomic mass is 10.1. The van der Waals surface area contributed by atoms with Crippen molar-refractivity contribution in [3.63, 3.8) is 0 Å².